The van der Waals surface area contributed by atoms with E-state index >= 15 is 0 Å². The molecule has 0 spiro atoms. The van der Waals surface area contributed by atoms with Crippen molar-refractivity contribution in [3.05, 3.63) is 0 Å². The lowest BCUT2D eigenvalue weighted by molar-refractivity contribution is -0.413. The highest BCUT2D eigenvalue weighted by Crippen LogP contribution is 2.40. The number of ether oxygens (including phenoxy) is 10. The Morgan fingerprint density at radius 3 is 1.70 bits per heavy atom. The Morgan fingerprint density at radius 1 is 0.667 bits per heavy atom. The topological polar surface area (TPSA) is 445 Å². The van der Waals surface area contributed by atoms with Gasteiger partial charge in [0.2, 0.25) is 11.7 Å². The maximum absolute atomic E-state index is 12.7. The smallest absolute Gasteiger partial charge is 0.217 e. The van der Waals surface area contributed by atoms with Crippen molar-refractivity contribution in [3.8, 4) is 0 Å². The molecule has 5 aliphatic heterocycles. The largest absolute Gasteiger partial charge is 0.544 e. The lowest BCUT2D eigenvalue weighted by Gasteiger charge is -2.52. The normalized spacial score (nSPS) is 47.8. The number of amides is 1. The number of aliphatic hydroxyl groups excluding tert-OH is 14. The quantitative estimate of drug-likeness (QED) is 0.0606. The summed E-state index contributed by atoms with van der Waals surface area (Å²) in [6.45, 7) is -0.787. The van der Waals surface area contributed by atoms with Gasteiger partial charge in [0.25, 0.3) is 0 Å². The molecule has 384 valence electrons. The van der Waals surface area contributed by atoms with Gasteiger partial charge in [-0.05, 0) is 6.92 Å². The number of carboxylic acid groups (broad SMARTS) is 1. The second-order valence-corrected chi connectivity index (χ2v) is 17.0. The summed E-state index contributed by atoms with van der Waals surface area (Å²) < 4.78 is 57.4. The van der Waals surface area contributed by atoms with Crippen molar-refractivity contribution >= 4 is 11.9 Å². The Kier molecular flexibility index (Phi) is 19.4. The SMILES string of the molecule is CO[C@H]1C(CO)O[C@@H](O[C@@H]2C(CO)O[C@@H](C)C(O)[C@H]2O)C(O)[C@H]1O[C@@H]1OC(CO)[C@@H](O[C@@H]2OC(CO)[C@H](O)[C@H](O[C@]3(C(=O)[O-])C[C@@H](O)[C@@H](C)C(C(O)C(O)CO)O3)C2O)[C@H](O)C1NC(C)=O. The first-order chi connectivity index (χ1) is 31.1. The average Bonchev–Trinajstić information content (AvgIpc) is 3.29. The summed E-state index contributed by atoms with van der Waals surface area (Å²) in [6, 6.07) is -1.72. The van der Waals surface area contributed by atoms with Crippen LogP contribution in [-0.2, 0) is 57.0 Å². The lowest BCUT2D eigenvalue weighted by Crippen LogP contribution is -2.71. The van der Waals surface area contributed by atoms with Crippen molar-refractivity contribution in [2.45, 2.75) is 180 Å². The number of hydrogen-bond donors (Lipinski definition) is 15. The minimum absolute atomic E-state index is 0.705. The van der Waals surface area contributed by atoms with Crippen molar-refractivity contribution < 1.29 is 134 Å². The molecule has 66 heavy (non-hydrogen) atoms. The van der Waals surface area contributed by atoms with Gasteiger partial charge in [0, 0.05) is 26.4 Å². The van der Waals surface area contributed by atoms with Crippen molar-refractivity contribution in [3.63, 3.8) is 0 Å². The van der Waals surface area contributed by atoms with Crippen LogP contribution in [0, 0.1) is 5.92 Å². The maximum Gasteiger partial charge on any atom is 0.217 e. The van der Waals surface area contributed by atoms with Gasteiger partial charge >= 0.3 is 0 Å². The van der Waals surface area contributed by atoms with Gasteiger partial charge in [0.05, 0.1) is 51.3 Å². The van der Waals surface area contributed by atoms with Gasteiger partial charge in [0.15, 0.2) is 18.9 Å². The standard InChI is InChI=1S/C38H65NO27/c1-11-14(46)5-38(37(55)56,65-28(11)22(49)15(47)6-40)66-32-23(50)16(7-41)59-35(26(32)53)62-29-18(9-43)60-34(20(24(29)51)39-13(3)45)64-33-27(54)36(61-19(10-44)31(33)57-4)63-30-17(8-42)58-12(2)21(48)25(30)52/h11-12,14-36,40-44,46-54H,5-10H2,1-4H3,(H,39,45)(H,55,56)/p-1/t11-,12+,14-,15?,16?,17?,18?,19?,20?,21?,22?,23+,24-,25-,26?,27?,28?,29-,30-,31+,32+,33-,34+,35+,36+,38+/m1/s1. The molecule has 0 bridgehead atoms. The van der Waals surface area contributed by atoms with E-state index in [9.17, 15) is 86.2 Å². The summed E-state index contributed by atoms with van der Waals surface area (Å²) in [6.07, 6.45) is -41.2. The molecule has 0 radical (unpaired) electrons. The third-order valence-electron chi connectivity index (χ3n) is 12.6. The molecule has 26 atom stereocenters. The third kappa shape index (κ3) is 11.3. The van der Waals surface area contributed by atoms with E-state index in [-0.39, 0.29) is 0 Å². The molecule has 0 aromatic rings. The van der Waals surface area contributed by atoms with Crippen LogP contribution in [0.2, 0.25) is 0 Å². The average molecular weight is 967 g/mol. The fourth-order valence-corrected chi connectivity index (χ4v) is 8.78. The van der Waals surface area contributed by atoms with E-state index in [0.29, 0.717) is 0 Å². The number of hydrogen-bond acceptors (Lipinski definition) is 27. The molecule has 1 amide bonds. The molecule has 0 aromatic heterocycles. The molecule has 5 heterocycles. The van der Waals surface area contributed by atoms with Crippen LogP contribution in [0.3, 0.4) is 0 Å². The summed E-state index contributed by atoms with van der Waals surface area (Å²) in [7, 11) is 1.16. The Labute approximate surface area is 376 Å². The van der Waals surface area contributed by atoms with E-state index < -0.39 is 210 Å². The summed E-state index contributed by atoms with van der Waals surface area (Å²) in [5, 5.41) is 165. The fraction of sp³-hybridized carbons (Fsp3) is 0.947. The zero-order chi connectivity index (χ0) is 49.1. The molecule has 5 rings (SSSR count). The summed E-state index contributed by atoms with van der Waals surface area (Å²) >= 11 is 0. The molecular weight excluding hydrogens is 902 g/mol. The van der Waals surface area contributed by atoms with Crippen molar-refractivity contribution in [2.75, 3.05) is 40.1 Å². The molecule has 15 N–H and O–H groups in total. The zero-order valence-corrected chi connectivity index (χ0v) is 36.2. The van der Waals surface area contributed by atoms with Crippen LogP contribution in [0.15, 0.2) is 0 Å². The van der Waals surface area contributed by atoms with Crippen LogP contribution < -0.4 is 10.4 Å². The number of carboxylic acids is 1. The van der Waals surface area contributed by atoms with Crippen LogP contribution in [-0.4, -0.2) is 276 Å². The highest BCUT2D eigenvalue weighted by atomic mass is 16.8. The molecule has 28 heteroatoms. The fourth-order valence-electron chi connectivity index (χ4n) is 8.78. The summed E-state index contributed by atoms with van der Waals surface area (Å²) in [4.78, 5) is 25.3. The zero-order valence-electron chi connectivity index (χ0n) is 36.2. The van der Waals surface area contributed by atoms with E-state index in [1.165, 1.54) is 13.8 Å². The highest BCUT2D eigenvalue weighted by Gasteiger charge is 2.59. The lowest BCUT2D eigenvalue weighted by atomic mass is 9.84. The van der Waals surface area contributed by atoms with Crippen LogP contribution in [0.25, 0.3) is 0 Å². The molecule has 0 saturated carbocycles. The third-order valence-corrected chi connectivity index (χ3v) is 12.6. The summed E-state index contributed by atoms with van der Waals surface area (Å²) in [5.74, 6) is -7.19. The van der Waals surface area contributed by atoms with Gasteiger partial charge in [0.1, 0.15) is 116 Å². The first-order valence-corrected chi connectivity index (χ1v) is 21.3. The van der Waals surface area contributed by atoms with Crippen LogP contribution in [0.4, 0.5) is 0 Å². The summed E-state index contributed by atoms with van der Waals surface area (Å²) in [5.41, 5.74) is 0. The Morgan fingerprint density at radius 2 is 1.17 bits per heavy atom. The number of aliphatic carboxylic acids is 1. The molecule has 28 nitrogen and oxygen atoms in total. The van der Waals surface area contributed by atoms with Gasteiger partial charge in [-0.3, -0.25) is 4.79 Å². The predicted molar refractivity (Wildman–Crippen MR) is 204 cm³/mol. The molecule has 11 unspecified atom stereocenters. The van der Waals surface area contributed by atoms with Gasteiger partial charge in [-0.15, -0.1) is 0 Å². The first kappa shape index (κ1) is 54.9. The number of carbonyl (C=O) groups is 2. The van der Waals surface area contributed by atoms with Crippen LogP contribution >= 0.6 is 0 Å². The Bertz CT molecular complexity index is 1550. The van der Waals surface area contributed by atoms with Gasteiger partial charge in [-0.2, -0.15) is 0 Å². The van der Waals surface area contributed by atoms with E-state index in [4.69, 9.17) is 47.4 Å². The van der Waals surface area contributed by atoms with Crippen molar-refractivity contribution in [1.29, 1.82) is 0 Å². The van der Waals surface area contributed by atoms with Crippen LogP contribution in [0.5, 0.6) is 0 Å². The Balaban J connectivity index is 1.40. The van der Waals surface area contributed by atoms with Gasteiger partial charge in [-0.25, -0.2) is 0 Å². The van der Waals surface area contributed by atoms with E-state index in [1.54, 1.807) is 0 Å². The molecule has 5 fully saturated rings. The molecule has 5 saturated heterocycles. The molecular formula is C38H64NO27-. The van der Waals surface area contributed by atoms with Gasteiger partial charge in [-0.1, -0.05) is 6.92 Å². The second kappa shape index (κ2) is 23.3. The number of nitrogens with one attached hydrogen (secondary N) is 1. The van der Waals surface area contributed by atoms with E-state index in [0.717, 1.165) is 14.0 Å². The van der Waals surface area contributed by atoms with Gasteiger partial charge < -0.3 is 134 Å². The highest BCUT2D eigenvalue weighted by molar-refractivity contribution is 5.74. The number of carbonyl (C=O) groups excluding carboxylic acids is 2. The number of methoxy groups -OCH3 is 1. The molecule has 0 aliphatic carbocycles. The minimum Gasteiger partial charge on any atom is -0.544 e. The second-order valence-electron chi connectivity index (χ2n) is 17.0. The Hall–Kier alpha value is -2.02. The molecule has 0 aromatic carbocycles. The maximum atomic E-state index is 12.7. The van der Waals surface area contributed by atoms with E-state index in [2.05, 4.69) is 5.32 Å². The van der Waals surface area contributed by atoms with Crippen LogP contribution in [0.1, 0.15) is 27.2 Å². The molecule has 5 aliphatic rings. The van der Waals surface area contributed by atoms with Crippen molar-refractivity contribution in [2.24, 2.45) is 5.92 Å². The number of rotatable bonds is 18. The number of aliphatic hydroxyl groups is 14. The van der Waals surface area contributed by atoms with E-state index in [1.807, 2.05) is 0 Å². The first-order valence-electron chi connectivity index (χ1n) is 21.3. The van der Waals surface area contributed by atoms with Crippen molar-refractivity contribution in [1.82, 2.24) is 5.32 Å². The predicted octanol–water partition coefficient (Wildman–Crippen LogP) is -10.9. The minimum atomic E-state index is -3.10. The monoisotopic (exact) mass is 966 g/mol.